The van der Waals surface area contributed by atoms with Gasteiger partial charge in [-0.25, -0.2) is 0 Å². The van der Waals surface area contributed by atoms with E-state index in [1.54, 1.807) is 21.0 Å². The lowest BCUT2D eigenvalue weighted by Crippen LogP contribution is -2.26. The maximum absolute atomic E-state index is 12.6. The van der Waals surface area contributed by atoms with Crippen LogP contribution in [0.3, 0.4) is 0 Å². The first-order valence-electron chi connectivity index (χ1n) is 8.58. The summed E-state index contributed by atoms with van der Waals surface area (Å²) in [5, 5.41) is 6.74. The van der Waals surface area contributed by atoms with E-state index < -0.39 is 12.5 Å². The Balaban J connectivity index is 2.31. The van der Waals surface area contributed by atoms with Crippen LogP contribution in [0, 0.1) is 0 Å². The third-order valence-electron chi connectivity index (χ3n) is 3.72. The fourth-order valence-electron chi connectivity index (χ4n) is 2.46. The molecule has 1 N–H and O–H groups in total. The van der Waals surface area contributed by atoms with Crippen molar-refractivity contribution in [2.24, 2.45) is 0 Å². The Morgan fingerprint density at radius 3 is 2.54 bits per heavy atom. The minimum atomic E-state index is -3.02. The molecule has 10 heteroatoms. The van der Waals surface area contributed by atoms with Gasteiger partial charge in [0.1, 0.15) is 5.69 Å². The van der Waals surface area contributed by atoms with Crippen LogP contribution in [0.4, 0.5) is 14.5 Å². The molecule has 0 aliphatic heterocycles. The van der Waals surface area contributed by atoms with Crippen LogP contribution < -0.4 is 14.8 Å². The third-order valence-corrected chi connectivity index (χ3v) is 3.72. The van der Waals surface area contributed by atoms with Gasteiger partial charge in [0.25, 0.3) is 11.8 Å². The van der Waals surface area contributed by atoms with Gasteiger partial charge >= 0.3 is 6.61 Å². The summed E-state index contributed by atoms with van der Waals surface area (Å²) in [6, 6.07) is 3.86. The predicted octanol–water partition coefficient (Wildman–Crippen LogP) is 2.86. The summed E-state index contributed by atoms with van der Waals surface area (Å²) >= 11 is 0. The Labute approximate surface area is 161 Å². The van der Waals surface area contributed by atoms with Crippen LogP contribution in [-0.2, 0) is 6.54 Å². The van der Waals surface area contributed by atoms with E-state index >= 15 is 0 Å². The van der Waals surface area contributed by atoms with Gasteiger partial charge in [-0.1, -0.05) is 0 Å². The molecule has 0 aliphatic carbocycles. The number of ether oxygens (including phenoxy) is 2. The Kier molecular flexibility index (Phi) is 6.91. The molecule has 0 saturated heterocycles. The zero-order chi connectivity index (χ0) is 20.8. The molecule has 1 heterocycles. The largest absolute Gasteiger partial charge is 0.490 e. The van der Waals surface area contributed by atoms with E-state index in [4.69, 9.17) is 4.74 Å². The Morgan fingerprint density at radius 2 is 1.96 bits per heavy atom. The molecule has 2 amide bonds. The van der Waals surface area contributed by atoms with Gasteiger partial charge < -0.3 is 19.7 Å². The highest BCUT2D eigenvalue weighted by Gasteiger charge is 2.22. The molecule has 0 aliphatic rings. The van der Waals surface area contributed by atoms with Crippen LogP contribution in [0.1, 0.15) is 34.7 Å². The first-order valence-corrected chi connectivity index (χ1v) is 8.58. The average Bonchev–Trinajstić information content (AvgIpc) is 3.04. The van der Waals surface area contributed by atoms with E-state index in [0.29, 0.717) is 6.54 Å². The monoisotopic (exact) mass is 396 g/mol. The molecule has 2 aromatic rings. The number of carbonyl (C=O) groups is 2. The number of nitrogens with zero attached hydrogens (tertiary/aromatic N) is 3. The Bertz CT molecular complexity index is 852. The van der Waals surface area contributed by atoms with Crippen LogP contribution >= 0.6 is 0 Å². The zero-order valence-corrected chi connectivity index (χ0v) is 16.0. The van der Waals surface area contributed by atoms with Crippen molar-refractivity contribution < 1.29 is 27.8 Å². The molecule has 0 bridgehead atoms. The fraction of sp³-hybridized carbons (Fsp3) is 0.389. The number of anilines is 1. The van der Waals surface area contributed by atoms with Gasteiger partial charge in [0.15, 0.2) is 11.5 Å². The maximum Gasteiger partial charge on any atom is 0.387 e. The number of hydrogen-bond acceptors (Lipinski definition) is 5. The molecule has 0 saturated carbocycles. The van der Waals surface area contributed by atoms with Crippen molar-refractivity contribution in [3.05, 3.63) is 35.7 Å². The minimum Gasteiger partial charge on any atom is -0.490 e. The smallest absolute Gasteiger partial charge is 0.387 e. The van der Waals surface area contributed by atoms with E-state index in [-0.39, 0.29) is 41.0 Å². The summed E-state index contributed by atoms with van der Waals surface area (Å²) in [7, 11) is 3.19. The quantitative estimate of drug-likeness (QED) is 0.742. The van der Waals surface area contributed by atoms with Crippen molar-refractivity contribution in [2.45, 2.75) is 27.0 Å². The number of hydrogen-bond donors (Lipinski definition) is 1. The highest BCUT2D eigenvalue weighted by atomic mass is 19.3. The molecule has 28 heavy (non-hydrogen) atoms. The topological polar surface area (TPSA) is 85.7 Å². The van der Waals surface area contributed by atoms with E-state index in [1.165, 1.54) is 34.0 Å². The van der Waals surface area contributed by atoms with Crippen molar-refractivity contribution in [3.8, 4) is 11.5 Å². The standard InChI is InChI=1S/C18H22F2N4O4/c1-5-24-15(17(26)23(3)4)12(10-21-24)22-16(25)11-7-8-13(28-18(19)20)14(9-11)27-6-2/h7-10,18H,5-6H2,1-4H3,(H,22,25). The average molecular weight is 396 g/mol. The number of amides is 2. The van der Waals surface area contributed by atoms with Crippen molar-refractivity contribution in [2.75, 3.05) is 26.0 Å². The second kappa shape index (κ2) is 9.16. The first kappa shape index (κ1) is 21.1. The number of aromatic nitrogens is 2. The molecule has 0 unspecified atom stereocenters. The van der Waals surface area contributed by atoms with E-state index in [1.807, 2.05) is 6.92 Å². The second-order valence-electron chi connectivity index (χ2n) is 5.85. The van der Waals surface area contributed by atoms with E-state index in [0.717, 1.165) is 0 Å². The lowest BCUT2D eigenvalue weighted by atomic mass is 10.2. The molecule has 0 radical (unpaired) electrons. The van der Waals surface area contributed by atoms with Gasteiger partial charge in [0, 0.05) is 26.2 Å². The minimum absolute atomic E-state index is 0.0179. The summed E-state index contributed by atoms with van der Waals surface area (Å²) in [5.41, 5.74) is 0.637. The maximum atomic E-state index is 12.6. The van der Waals surface area contributed by atoms with Crippen molar-refractivity contribution >= 4 is 17.5 Å². The normalized spacial score (nSPS) is 10.7. The van der Waals surface area contributed by atoms with Gasteiger partial charge in [-0.3, -0.25) is 14.3 Å². The number of halogens is 2. The summed E-state index contributed by atoms with van der Waals surface area (Å²) in [4.78, 5) is 26.4. The highest BCUT2D eigenvalue weighted by Crippen LogP contribution is 2.30. The number of aryl methyl sites for hydroxylation is 1. The molecule has 1 aromatic heterocycles. The molecule has 0 spiro atoms. The number of alkyl halides is 2. The fourth-order valence-corrected chi connectivity index (χ4v) is 2.46. The van der Waals surface area contributed by atoms with Gasteiger partial charge in [0.2, 0.25) is 0 Å². The van der Waals surface area contributed by atoms with Crippen LogP contribution in [0.25, 0.3) is 0 Å². The number of rotatable bonds is 8. The lowest BCUT2D eigenvalue weighted by molar-refractivity contribution is -0.0514. The predicted molar refractivity (Wildman–Crippen MR) is 98.1 cm³/mol. The number of nitrogens with one attached hydrogen (secondary N) is 1. The van der Waals surface area contributed by atoms with Crippen molar-refractivity contribution in [1.82, 2.24) is 14.7 Å². The summed E-state index contributed by atoms with van der Waals surface area (Å²) < 4.78 is 36.2. The Hall–Kier alpha value is -3.17. The van der Waals surface area contributed by atoms with Gasteiger partial charge in [0.05, 0.1) is 18.5 Å². The highest BCUT2D eigenvalue weighted by molar-refractivity contribution is 6.08. The Morgan fingerprint density at radius 1 is 1.25 bits per heavy atom. The second-order valence-corrected chi connectivity index (χ2v) is 5.85. The number of benzene rings is 1. The first-order chi connectivity index (χ1) is 13.3. The van der Waals surface area contributed by atoms with E-state index in [9.17, 15) is 18.4 Å². The van der Waals surface area contributed by atoms with Crippen LogP contribution in [0.5, 0.6) is 11.5 Å². The van der Waals surface area contributed by atoms with Gasteiger partial charge in [-0.2, -0.15) is 13.9 Å². The van der Waals surface area contributed by atoms with Crippen molar-refractivity contribution in [3.63, 3.8) is 0 Å². The molecular weight excluding hydrogens is 374 g/mol. The molecule has 2 rings (SSSR count). The van der Waals surface area contributed by atoms with Gasteiger partial charge in [-0.15, -0.1) is 0 Å². The lowest BCUT2D eigenvalue weighted by Gasteiger charge is -2.14. The SMILES string of the molecule is CCOc1cc(C(=O)Nc2cnn(CC)c2C(=O)N(C)C)ccc1OC(F)F. The summed E-state index contributed by atoms with van der Waals surface area (Å²) in [6.45, 7) is 1.13. The van der Waals surface area contributed by atoms with Crippen LogP contribution in [-0.4, -0.2) is 53.8 Å². The van der Waals surface area contributed by atoms with Crippen LogP contribution in [0.15, 0.2) is 24.4 Å². The molecule has 0 atom stereocenters. The molecule has 0 fully saturated rings. The molecule has 152 valence electrons. The van der Waals surface area contributed by atoms with E-state index in [2.05, 4.69) is 15.2 Å². The molecule has 8 nitrogen and oxygen atoms in total. The van der Waals surface area contributed by atoms with Gasteiger partial charge in [-0.05, 0) is 32.0 Å². The zero-order valence-electron chi connectivity index (χ0n) is 16.0. The summed E-state index contributed by atoms with van der Waals surface area (Å²) in [6.07, 6.45) is 1.38. The molecular formula is C18H22F2N4O4. The number of carbonyl (C=O) groups excluding carboxylic acids is 2. The van der Waals surface area contributed by atoms with Crippen LogP contribution in [0.2, 0.25) is 0 Å². The summed E-state index contributed by atoms with van der Waals surface area (Å²) in [5.74, 6) is -1.02. The van der Waals surface area contributed by atoms with Crippen molar-refractivity contribution in [1.29, 1.82) is 0 Å². The third kappa shape index (κ3) is 4.76. The molecule has 1 aromatic carbocycles.